The van der Waals surface area contributed by atoms with Crippen molar-refractivity contribution in [3.8, 4) is 0 Å². The Morgan fingerprint density at radius 1 is 1.62 bits per heavy atom. The molecule has 3 N–H and O–H groups in total. The zero-order valence-corrected chi connectivity index (χ0v) is 9.74. The summed E-state index contributed by atoms with van der Waals surface area (Å²) in [6.45, 7) is 2.88. The highest BCUT2D eigenvalue weighted by atomic mass is 16.5. The monoisotopic (exact) mass is 224 g/mol. The second-order valence-corrected chi connectivity index (χ2v) is 4.36. The highest BCUT2D eigenvalue weighted by Crippen LogP contribution is 2.25. The third kappa shape index (κ3) is 2.64. The second kappa shape index (κ2) is 5.48. The maximum absolute atomic E-state index is 5.60. The van der Waals surface area contributed by atoms with Gasteiger partial charge in [0.1, 0.15) is 5.76 Å². The minimum absolute atomic E-state index is 0.169. The van der Waals surface area contributed by atoms with Crippen molar-refractivity contribution < 1.29 is 9.15 Å². The van der Waals surface area contributed by atoms with Gasteiger partial charge in [0.15, 0.2) is 0 Å². The Labute approximate surface area is 96.1 Å². The number of aryl methyl sites for hydroxylation is 1. The third-order valence-corrected chi connectivity index (χ3v) is 3.28. The molecule has 4 heteroatoms. The van der Waals surface area contributed by atoms with Crippen LogP contribution in [0.25, 0.3) is 0 Å². The Bertz CT molecular complexity index is 319. The predicted octanol–water partition coefficient (Wildman–Crippen LogP) is 2.05. The Hall–Kier alpha value is -0.840. The number of ether oxygens (including phenoxy) is 1. The molecule has 16 heavy (non-hydrogen) atoms. The van der Waals surface area contributed by atoms with Crippen molar-refractivity contribution in [2.75, 3.05) is 6.61 Å². The molecule has 2 atom stereocenters. The Balaban J connectivity index is 1.88. The van der Waals surface area contributed by atoms with Gasteiger partial charge in [0, 0.05) is 18.2 Å². The van der Waals surface area contributed by atoms with Crippen LogP contribution in [0.5, 0.6) is 0 Å². The Morgan fingerprint density at radius 3 is 3.06 bits per heavy atom. The van der Waals surface area contributed by atoms with E-state index >= 15 is 0 Å². The Morgan fingerprint density at radius 2 is 2.50 bits per heavy atom. The van der Waals surface area contributed by atoms with Crippen molar-refractivity contribution in [2.45, 2.75) is 44.8 Å². The first-order valence-corrected chi connectivity index (χ1v) is 5.93. The van der Waals surface area contributed by atoms with Crippen LogP contribution in [-0.2, 0) is 4.74 Å². The number of nitrogens with one attached hydrogen (secondary N) is 1. The van der Waals surface area contributed by atoms with Crippen LogP contribution in [0.2, 0.25) is 0 Å². The minimum Gasteiger partial charge on any atom is -0.469 e. The minimum atomic E-state index is 0.169. The van der Waals surface area contributed by atoms with Crippen molar-refractivity contribution in [2.24, 2.45) is 5.84 Å². The zero-order chi connectivity index (χ0) is 11.4. The molecule has 1 aromatic heterocycles. The molecule has 1 saturated heterocycles. The largest absolute Gasteiger partial charge is 0.469 e. The summed E-state index contributed by atoms with van der Waals surface area (Å²) in [4.78, 5) is 0. The van der Waals surface area contributed by atoms with Crippen LogP contribution in [0.4, 0.5) is 0 Å². The maximum Gasteiger partial charge on any atom is 0.105 e. The predicted molar refractivity (Wildman–Crippen MR) is 61.7 cm³/mol. The van der Waals surface area contributed by atoms with Crippen LogP contribution in [-0.4, -0.2) is 12.7 Å². The van der Waals surface area contributed by atoms with E-state index in [0.717, 1.165) is 30.8 Å². The molecule has 0 amide bonds. The van der Waals surface area contributed by atoms with Crippen molar-refractivity contribution >= 4 is 0 Å². The van der Waals surface area contributed by atoms with Crippen LogP contribution in [0.15, 0.2) is 16.7 Å². The van der Waals surface area contributed by atoms with E-state index in [2.05, 4.69) is 5.43 Å². The van der Waals surface area contributed by atoms with Gasteiger partial charge in [-0.2, -0.15) is 0 Å². The molecule has 0 spiro atoms. The van der Waals surface area contributed by atoms with Gasteiger partial charge in [-0.15, -0.1) is 0 Å². The molecule has 1 aliphatic rings. The number of furan rings is 1. The van der Waals surface area contributed by atoms with Gasteiger partial charge in [0.05, 0.1) is 12.4 Å². The molecule has 2 heterocycles. The van der Waals surface area contributed by atoms with Gasteiger partial charge in [-0.3, -0.25) is 11.3 Å². The van der Waals surface area contributed by atoms with Gasteiger partial charge < -0.3 is 9.15 Å². The smallest absolute Gasteiger partial charge is 0.105 e. The van der Waals surface area contributed by atoms with Gasteiger partial charge >= 0.3 is 0 Å². The van der Waals surface area contributed by atoms with E-state index in [9.17, 15) is 0 Å². The fourth-order valence-electron chi connectivity index (χ4n) is 2.31. The standard InChI is InChI=1S/C12H20N2O2/c1-9-11(6-8-15-9)12(14-13)5-4-10-3-2-7-16-10/h6,8,10,12,14H,2-5,7,13H2,1H3. The van der Waals surface area contributed by atoms with Crippen LogP contribution in [0.1, 0.15) is 43.0 Å². The Kier molecular flexibility index (Phi) is 3.98. The van der Waals surface area contributed by atoms with Gasteiger partial charge in [-0.05, 0) is 38.7 Å². The molecule has 1 fully saturated rings. The van der Waals surface area contributed by atoms with Crippen molar-refractivity contribution in [3.05, 3.63) is 23.7 Å². The topological polar surface area (TPSA) is 60.4 Å². The van der Waals surface area contributed by atoms with E-state index < -0.39 is 0 Å². The highest BCUT2D eigenvalue weighted by molar-refractivity contribution is 5.19. The molecular weight excluding hydrogens is 204 g/mol. The molecule has 0 saturated carbocycles. The number of rotatable bonds is 5. The number of hydrogen-bond donors (Lipinski definition) is 2. The van der Waals surface area contributed by atoms with E-state index in [4.69, 9.17) is 15.0 Å². The van der Waals surface area contributed by atoms with Gasteiger partial charge in [0.2, 0.25) is 0 Å². The SMILES string of the molecule is Cc1occc1C(CCC1CCCO1)NN. The lowest BCUT2D eigenvalue weighted by Gasteiger charge is -2.17. The summed E-state index contributed by atoms with van der Waals surface area (Å²) in [5.74, 6) is 6.53. The lowest BCUT2D eigenvalue weighted by Crippen LogP contribution is -2.29. The molecule has 1 aromatic rings. The molecule has 90 valence electrons. The van der Waals surface area contributed by atoms with Gasteiger partial charge in [-0.25, -0.2) is 0 Å². The van der Waals surface area contributed by atoms with Crippen molar-refractivity contribution in [1.82, 2.24) is 5.43 Å². The molecule has 4 nitrogen and oxygen atoms in total. The molecule has 0 radical (unpaired) electrons. The summed E-state index contributed by atoms with van der Waals surface area (Å²) in [6.07, 6.45) is 6.54. The summed E-state index contributed by atoms with van der Waals surface area (Å²) < 4.78 is 10.9. The average molecular weight is 224 g/mol. The summed E-state index contributed by atoms with van der Waals surface area (Å²) in [5, 5.41) is 0. The normalized spacial score (nSPS) is 22.5. The number of nitrogens with two attached hydrogens (primary N) is 1. The van der Waals surface area contributed by atoms with Crippen molar-refractivity contribution in [1.29, 1.82) is 0 Å². The molecular formula is C12H20N2O2. The quantitative estimate of drug-likeness (QED) is 0.593. The molecule has 0 aliphatic carbocycles. The average Bonchev–Trinajstić information content (AvgIpc) is 2.92. The second-order valence-electron chi connectivity index (χ2n) is 4.36. The van der Waals surface area contributed by atoms with E-state index in [-0.39, 0.29) is 6.04 Å². The summed E-state index contributed by atoms with van der Waals surface area (Å²) in [7, 11) is 0. The zero-order valence-electron chi connectivity index (χ0n) is 9.74. The van der Waals surface area contributed by atoms with Gasteiger partial charge in [-0.1, -0.05) is 0 Å². The summed E-state index contributed by atoms with van der Waals surface area (Å²) in [6, 6.07) is 2.15. The molecule has 2 rings (SSSR count). The molecule has 0 bridgehead atoms. The van der Waals surface area contributed by atoms with Crippen molar-refractivity contribution in [3.63, 3.8) is 0 Å². The van der Waals surface area contributed by atoms with E-state index in [1.54, 1.807) is 6.26 Å². The van der Waals surface area contributed by atoms with E-state index in [0.29, 0.717) is 6.10 Å². The lowest BCUT2D eigenvalue weighted by atomic mass is 10.0. The third-order valence-electron chi connectivity index (χ3n) is 3.28. The van der Waals surface area contributed by atoms with Crippen LogP contribution < -0.4 is 11.3 Å². The van der Waals surface area contributed by atoms with E-state index in [1.807, 2.05) is 13.0 Å². The molecule has 1 aliphatic heterocycles. The fourth-order valence-corrected chi connectivity index (χ4v) is 2.31. The maximum atomic E-state index is 5.60. The van der Waals surface area contributed by atoms with Crippen LogP contribution >= 0.6 is 0 Å². The first-order chi connectivity index (χ1) is 7.81. The molecule has 2 unspecified atom stereocenters. The fraction of sp³-hybridized carbons (Fsp3) is 0.667. The van der Waals surface area contributed by atoms with Crippen LogP contribution in [0.3, 0.4) is 0 Å². The summed E-state index contributed by atoms with van der Waals surface area (Å²) >= 11 is 0. The van der Waals surface area contributed by atoms with Crippen LogP contribution in [0, 0.1) is 6.92 Å². The number of hydrogen-bond acceptors (Lipinski definition) is 4. The molecule has 0 aromatic carbocycles. The highest BCUT2D eigenvalue weighted by Gasteiger charge is 2.19. The summed E-state index contributed by atoms with van der Waals surface area (Å²) in [5.41, 5.74) is 4.01. The lowest BCUT2D eigenvalue weighted by molar-refractivity contribution is 0.0995. The first-order valence-electron chi connectivity index (χ1n) is 5.93. The number of hydrazine groups is 1. The van der Waals surface area contributed by atoms with E-state index in [1.165, 1.54) is 12.8 Å². The first kappa shape index (κ1) is 11.6. The van der Waals surface area contributed by atoms with Gasteiger partial charge in [0.25, 0.3) is 0 Å².